The molecule has 0 radical (unpaired) electrons. The van der Waals surface area contributed by atoms with Gasteiger partial charge in [0.05, 0.1) is 18.4 Å². The molecule has 0 spiro atoms. The summed E-state index contributed by atoms with van der Waals surface area (Å²) >= 11 is 0. The van der Waals surface area contributed by atoms with E-state index in [-0.39, 0.29) is 12.4 Å². The maximum absolute atomic E-state index is 11.3. The first-order valence-corrected chi connectivity index (χ1v) is 6.74. The molecule has 1 aliphatic carbocycles. The molecule has 4 heteroatoms. The van der Waals surface area contributed by atoms with Gasteiger partial charge in [-0.3, -0.25) is 9.59 Å². The minimum Gasteiger partial charge on any atom is -0.481 e. The molecular weight excluding hydrogens is 256 g/mol. The lowest BCUT2D eigenvalue weighted by molar-refractivity contribution is -0.142. The Morgan fingerprint density at radius 1 is 1.40 bits per heavy atom. The highest BCUT2D eigenvalue weighted by Crippen LogP contribution is 2.48. The van der Waals surface area contributed by atoms with Crippen molar-refractivity contribution < 1.29 is 19.4 Å². The molecule has 0 bridgehead atoms. The molecule has 0 unspecified atom stereocenters. The predicted molar refractivity (Wildman–Crippen MR) is 75.3 cm³/mol. The number of aliphatic carboxylic acids is 1. The van der Waals surface area contributed by atoms with Crippen LogP contribution >= 0.6 is 0 Å². The van der Waals surface area contributed by atoms with Crippen LogP contribution in [0.1, 0.15) is 37.3 Å². The Hall–Kier alpha value is -2.10. The van der Waals surface area contributed by atoms with Gasteiger partial charge in [-0.25, -0.2) is 0 Å². The second-order valence-electron chi connectivity index (χ2n) is 4.92. The zero-order chi connectivity index (χ0) is 14.6. The maximum atomic E-state index is 11.3. The van der Waals surface area contributed by atoms with E-state index < -0.39 is 11.4 Å². The van der Waals surface area contributed by atoms with Gasteiger partial charge in [-0.1, -0.05) is 36.4 Å². The zero-order valence-electron chi connectivity index (χ0n) is 11.5. The Morgan fingerprint density at radius 2 is 2.15 bits per heavy atom. The van der Waals surface area contributed by atoms with E-state index in [0.29, 0.717) is 19.4 Å². The Morgan fingerprint density at radius 3 is 2.75 bits per heavy atom. The number of carbonyl (C=O) groups excluding carboxylic acids is 1. The standard InChI is InChI=1S/C16H18O4/c1-2-20-14(17)8-4-6-12-5-3-7-13(11-12)16(9-10-16)15(18)19/h3-7,11H,2,8-10H2,1H3,(H,18,19). The van der Waals surface area contributed by atoms with Gasteiger partial charge in [0.15, 0.2) is 0 Å². The van der Waals surface area contributed by atoms with Crippen LogP contribution in [0.2, 0.25) is 0 Å². The molecule has 0 heterocycles. The lowest BCUT2D eigenvalue weighted by Crippen LogP contribution is -2.19. The van der Waals surface area contributed by atoms with E-state index in [2.05, 4.69) is 0 Å². The molecular formula is C16H18O4. The monoisotopic (exact) mass is 274 g/mol. The lowest BCUT2D eigenvalue weighted by atomic mass is 9.94. The highest BCUT2D eigenvalue weighted by Gasteiger charge is 2.51. The van der Waals surface area contributed by atoms with Crippen LogP contribution in [0.15, 0.2) is 30.3 Å². The predicted octanol–water partition coefficient (Wildman–Crippen LogP) is 2.77. The summed E-state index contributed by atoms with van der Waals surface area (Å²) in [5.74, 6) is -1.02. The summed E-state index contributed by atoms with van der Waals surface area (Å²) in [6.07, 6.45) is 5.16. The fourth-order valence-corrected chi connectivity index (χ4v) is 2.20. The molecule has 1 fully saturated rings. The van der Waals surface area contributed by atoms with Crippen LogP contribution in [0.5, 0.6) is 0 Å². The van der Waals surface area contributed by atoms with Gasteiger partial charge in [-0.2, -0.15) is 0 Å². The van der Waals surface area contributed by atoms with E-state index >= 15 is 0 Å². The van der Waals surface area contributed by atoms with E-state index in [1.54, 1.807) is 13.0 Å². The molecule has 1 aliphatic rings. The first-order valence-electron chi connectivity index (χ1n) is 6.74. The summed E-state index contributed by atoms with van der Waals surface area (Å²) in [6.45, 7) is 2.15. The fourth-order valence-electron chi connectivity index (χ4n) is 2.20. The van der Waals surface area contributed by atoms with Gasteiger partial charge in [0.1, 0.15) is 0 Å². The molecule has 0 aliphatic heterocycles. The number of esters is 1. The van der Waals surface area contributed by atoms with Crippen LogP contribution in [0.4, 0.5) is 0 Å². The van der Waals surface area contributed by atoms with Crippen LogP contribution in [0.25, 0.3) is 6.08 Å². The summed E-state index contributed by atoms with van der Waals surface area (Å²) in [5, 5.41) is 9.28. The third kappa shape index (κ3) is 3.07. The smallest absolute Gasteiger partial charge is 0.314 e. The molecule has 106 valence electrons. The van der Waals surface area contributed by atoms with Gasteiger partial charge in [-0.05, 0) is 30.9 Å². The number of carbonyl (C=O) groups is 2. The molecule has 0 amide bonds. The van der Waals surface area contributed by atoms with E-state index in [4.69, 9.17) is 4.74 Å². The third-order valence-electron chi connectivity index (χ3n) is 3.50. The van der Waals surface area contributed by atoms with E-state index in [9.17, 15) is 14.7 Å². The van der Waals surface area contributed by atoms with Gasteiger partial charge >= 0.3 is 11.9 Å². The van der Waals surface area contributed by atoms with Crippen molar-refractivity contribution in [3.05, 3.63) is 41.5 Å². The van der Waals surface area contributed by atoms with Crippen molar-refractivity contribution in [1.29, 1.82) is 0 Å². The van der Waals surface area contributed by atoms with Crippen LogP contribution < -0.4 is 0 Å². The molecule has 0 aromatic heterocycles. The first-order chi connectivity index (χ1) is 9.58. The van der Waals surface area contributed by atoms with E-state index in [1.807, 2.05) is 30.3 Å². The van der Waals surface area contributed by atoms with Crippen molar-refractivity contribution in [2.75, 3.05) is 6.61 Å². The number of hydrogen-bond donors (Lipinski definition) is 1. The fraction of sp³-hybridized carbons (Fsp3) is 0.375. The number of rotatable bonds is 6. The summed E-state index contributed by atoms with van der Waals surface area (Å²) in [4.78, 5) is 22.5. The number of carboxylic acid groups (broad SMARTS) is 1. The van der Waals surface area contributed by atoms with Crippen molar-refractivity contribution in [3.63, 3.8) is 0 Å². The largest absolute Gasteiger partial charge is 0.481 e. The molecule has 1 N–H and O–H groups in total. The lowest BCUT2D eigenvalue weighted by Gasteiger charge is -2.10. The highest BCUT2D eigenvalue weighted by atomic mass is 16.5. The second-order valence-corrected chi connectivity index (χ2v) is 4.92. The Kier molecular flexibility index (Phi) is 4.23. The van der Waals surface area contributed by atoms with Crippen molar-refractivity contribution in [3.8, 4) is 0 Å². The van der Waals surface area contributed by atoms with Gasteiger partial charge < -0.3 is 9.84 Å². The number of benzene rings is 1. The molecule has 20 heavy (non-hydrogen) atoms. The minimum atomic E-state index is -0.759. The van der Waals surface area contributed by atoms with Gasteiger partial charge in [0, 0.05) is 0 Å². The highest BCUT2D eigenvalue weighted by molar-refractivity contribution is 5.85. The topological polar surface area (TPSA) is 63.6 Å². The molecule has 4 nitrogen and oxygen atoms in total. The van der Waals surface area contributed by atoms with Gasteiger partial charge in [0.25, 0.3) is 0 Å². The van der Waals surface area contributed by atoms with Crippen LogP contribution in [-0.4, -0.2) is 23.7 Å². The maximum Gasteiger partial charge on any atom is 0.314 e. The number of hydrogen-bond acceptors (Lipinski definition) is 3. The van der Waals surface area contributed by atoms with Crippen LogP contribution in [-0.2, 0) is 19.7 Å². The average molecular weight is 274 g/mol. The molecule has 2 rings (SSSR count). The third-order valence-corrected chi connectivity index (χ3v) is 3.50. The Balaban J connectivity index is 2.05. The second kappa shape index (κ2) is 5.90. The summed E-state index contributed by atoms with van der Waals surface area (Å²) in [6, 6.07) is 7.47. The molecule has 1 aromatic carbocycles. The average Bonchev–Trinajstić information content (AvgIpc) is 3.21. The van der Waals surface area contributed by atoms with Gasteiger partial charge in [0.2, 0.25) is 0 Å². The van der Waals surface area contributed by atoms with Crippen LogP contribution in [0, 0.1) is 0 Å². The number of ether oxygens (including phenoxy) is 1. The van der Waals surface area contributed by atoms with Crippen molar-refractivity contribution in [2.45, 2.75) is 31.6 Å². The normalized spacial score (nSPS) is 16.1. The van der Waals surface area contributed by atoms with Crippen molar-refractivity contribution >= 4 is 18.0 Å². The van der Waals surface area contributed by atoms with Crippen molar-refractivity contribution in [2.24, 2.45) is 0 Å². The SMILES string of the molecule is CCOC(=O)CC=Cc1cccc(C2(C(=O)O)CC2)c1. The van der Waals surface area contributed by atoms with Crippen LogP contribution in [0.3, 0.4) is 0 Å². The van der Waals surface area contributed by atoms with Gasteiger partial charge in [-0.15, -0.1) is 0 Å². The summed E-state index contributed by atoms with van der Waals surface area (Å²) in [7, 11) is 0. The number of carboxylic acids is 1. The first kappa shape index (κ1) is 14.3. The van der Waals surface area contributed by atoms with E-state index in [0.717, 1.165) is 11.1 Å². The summed E-state index contributed by atoms with van der Waals surface area (Å²) < 4.78 is 4.83. The molecule has 1 aromatic rings. The molecule has 1 saturated carbocycles. The zero-order valence-corrected chi connectivity index (χ0v) is 11.5. The van der Waals surface area contributed by atoms with Crippen molar-refractivity contribution in [1.82, 2.24) is 0 Å². The minimum absolute atomic E-state index is 0.224. The van der Waals surface area contributed by atoms with E-state index in [1.165, 1.54) is 0 Å². The quantitative estimate of drug-likeness (QED) is 0.810. The Bertz CT molecular complexity index is 541. The summed E-state index contributed by atoms with van der Waals surface area (Å²) in [5.41, 5.74) is 1.05. The molecule has 0 saturated heterocycles. The Labute approximate surface area is 118 Å². The molecule has 0 atom stereocenters.